The summed E-state index contributed by atoms with van der Waals surface area (Å²) in [6, 6.07) is 9.87. The van der Waals surface area contributed by atoms with Crippen molar-refractivity contribution in [2.75, 3.05) is 11.4 Å². The molecule has 1 fully saturated rings. The van der Waals surface area contributed by atoms with E-state index in [0.29, 0.717) is 18.2 Å². The first kappa shape index (κ1) is 12.6. The molecule has 5 nitrogen and oxygen atoms in total. The van der Waals surface area contributed by atoms with Crippen molar-refractivity contribution >= 4 is 21.6 Å². The average molecular weight is 302 g/mol. The predicted octanol–water partition coefficient (Wildman–Crippen LogP) is 2.10. The fourth-order valence-electron chi connectivity index (χ4n) is 2.73. The minimum atomic E-state index is -3.72. The molecule has 0 saturated heterocycles. The van der Waals surface area contributed by atoms with Crippen LogP contribution >= 0.6 is 0 Å². The van der Waals surface area contributed by atoms with Crippen molar-refractivity contribution in [3.63, 3.8) is 0 Å². The summed E-state index contributed by atoms with van der Waals surface area (Å²) in [6.07, 6.45) is 3.62. The number of anilines is 1. The molecule has 21 heavy (non-hydrogen) atoms. The monoisotopic (exact) mass is 302 g/mol. The third kappa shape index (κ3) is 1.82. The summed E-state index contributed by atoms with van der Waals surface area (Å²) in [5.41, 5.74) is 0.685. The Balaban J connectivity index is 2.00. The second kappa shape index (κ2) is 4.21. The topological polar surface area (TPSA) is 59.4 Å². The molecule has 108 valence electrons. The number of rotatable bonds is 2. The largest absolute Gasteiger partial charge is 0.305 e. The van der Waals surface area contributed by atoms with Gasteiger partial charge in [0.1, 0.15) is 10.6 Å². The Morgan fingerprint density at radius 3 is 2.62 bits per heavy atom. The van der Waals surface area contributed by atoms with Gasteiger partial charge >= 0.3 is 0 Å². The Bertz CT molecular complexity index is 834. The number of hydrogen-bond donors (Lipinski definition) is 0. The second-order valence-corrected chi connectivity index (χ2v) is 7.30. The van der Waals surface area contributed by atoms with Crippen LogP contribution in [0.4, 0.5) is 5.69 Å². The lowest BCUT2D eigenvalue weighted by Crippen LogP contribution is -2.33. The van der Waals surface area contributed by atoms with Crippen LogP contribution < -0.4 is 4.90 Å². The van der Waals surface area contributed by atoms with Crippen LogP contribution in [0.5, 0.6) is 0 Å². The van der Waals surface area contributed by atoms with E-state index in [9.17, 15) is 13.2 Å². The van der Waals surface area contributed by atoms with Crippen LogP contribution in [0.25, 0.3) is 0 Å². The fraction of sp³-hybridized carbons (Fsp3) is 0.267. The predicted molar refractivity (Wildman–Crippen MR) is 77.9 cm³/mol. The van der Waals surface area contributed by atoms with Gasteiger partial charge in [0.2, 0.25) is 0 Å². The van der Waals surface area contributed by atoms with Crippen LogP contribution in [-0.4, -0.2) is 24.8 Å². The van der Waals surface area contributed by atoms with E-state index in [1.54, 1.807) is 41.3 Å². The van der Waals surface area contributed by atoms with Gasteiger partial charge in [-0.1, -0.05) is 12.1 Å². The summed E-state index contributed by atoms with van der Waals surface area (Å²) in [6.45, 7) is 0.580. The number of carbonyl (C=O) groups excluding carboxylic acids is 1. The summed E-state index contributed by atoms with van der Waals surface area (Å²) >= 11 is 0. The smallest absolute Gasteiger partial charge is 0.276 e. The number of benzene rings is 1. The van der Waals surface area contributed by atoms with Gasteiger partial charge in [-0.15, -0.1) is 0 Å². The highest BCUT2D eigenvalue weighted by atomic mass is 32.2. The minimum Gasteiger partial charge on any atom is -0.305 e. The SMILES string of the molecule is O=C1c2cccn2S(=O)(=O)c2ccccc2N1CC1CC1. The van der Waals surface area contributed by atoms with E-state index in [2.05, 4.69) is 0 Å². The summed E-state index contributed by atoms with van der Waals surface area (Å²) in [5, 5.41) is 0. The van der Waals surface area contributed by atoms with Crippen molar-refractivity contribution in [3.05, 3.63) is 48.3 Å². The lowest BCUT2D eigenvalue weighted by Gasteiger charge is -2.21. The van der Waals surface area contributed by atoms with Crippen LogP contribution in [-0.2, 0) is 10.0 Å². The Labute approximate surface area is 122 Å². The molecule has 1 aromatic heterocycles. The van der Waals surface area contributed by atoms with Crippen molar-refractivity contribution in [1.29, 1.82) is 0 Å². The Kier molecular flexibility index (Phi) is 2.53. The maximum absolute atomic E-state index is 12.8. The number of fused-ring (bicyclic) bond motifs is 2. The van der Waals surface area contributed by atoms with E-state index in [1.807, 2.05) is 0 Å². The molecular weight excluding hydrogens is 288 g/mol. The molecule has 1 saturated carbocycles. The molecule has 0 radical (unpaired) electrons. The summed E-state index contributed by atoms with van der Waals surface area (Å²) in [4.78, 5) is 14.6. The second-order valence-electron chi connectivity index (χ2n) is 5.52. The highest BCUT2D eigenvalue weighted by Gasteiger charge is 2.37. The first-order valence-electron chi connectivity index (χ1n) is 6.93. The van der Waals surface area contributed by atoms with E-state index in [-0.39, 0.29) is 16.5 Å². The van der Waals surface area contributed by atoms with Crippen LogP contribution in [0, 0.1) is 5.92 Å². The quantitative estimate of drug-likeness (QED) is 0.853. The average Bonchev–Trinajstić information content (AvgIpc) is 3.16. The number of aromatic nitrogens is 1. The van der Waals surface area contributed by atoms with Crippen LogP contribution in [0.3, 0.4) is 0 Å². The molecule has 2 aliphatic rings. The number of carbonyl (C=O) groups is 1. The van der Waals surface area contributed by atoms with E-state index in [0.717, 1.165) is 16.8 Å². The third-order valence-electron chi connectivity index (χ3n) is 4.01. The van der Waals surface area contributed by atoms with Gasteiger partial charge in [0, 0.05) is 12.7 Å². The van der Waals surface area contributed by atoms with E-state index >= 15 is 0 Å². The van der Waals surface area contributed by atoms with Crippen LogP contribution in [0.15, 0.2) is 47.5 Å². The van der Waals surface area contributed by atoms with E-state index in [1.165, 1.54) is 6.20 Å². The van der Waals surface area contributed by atoms with E-state index < -0.39 is 10.0 Å². The van der Waals surface area contributed by atoms with E-state index in [4.69, 9.17) is 0 Å². The summed E-state index contributed by atoms with van der Waals surface area (Å²) in [5.74, 6) is 0.228. The summed E-state index contributed by atoms with van der Waals surface area (Å²) < 4.78 is 26.6. The Morgan fingerprint density at radius 2 is 1.86 bits per heavy atom. The molecule has 0 atom stereocenters. The number of para-hydroxylation sites is 1. The fourth-order valence-corrected chi connectivity index (χ4v) is 4.27. The highest BCUT2D eigenvalue weighted by Crippen LogP contribution is 2.37. The third-order valence-corrected chi connectivity index (χ3v) is 5.75. The van der Waals surface area contributed by atoms with Crippen molar-refractivity contribution < 1.29 is 13.2 Å². The van der Waals surface area contributed by atoms with Gasteiger partial charge in [0.05, 0.1) is 5.69 Å². The normalized spacial score (nSPS) is 19.8. The maximum Gasteiger partial charge on any atom is 0.276 e. The van der Waals surface area contributed by atoms with Gasteiger partial charge < -0.3 is 4.90 Å². The highest BCUT2D eigenvalue weighted by molar-refractivity contribution is 7.90. The van der Waals surface area contributed by atoms with Gasteiger partial charge in [-0.25, -0.2) is 12.4 Å². The van der Waals surface area contributed by atoms with Crippen molar-refractivity contribution in [2.45, 2.75) is 17.7 Å². The standard InChI is InChI=1S/C15H14N2O3S/c18-15-13-5-3-9-17(13)21(19,20)14-6-2-1-4-12(14)16(15)10-11-7-8-11/h1-6,9,11H,7-8,10H2. The molecule has 0 N–H and O–H groups in total. The Hall–Kier alpha value is -2.08. The first-order valence-corrected chi connectivity index (χ1v) is 8.37. The molecule has 6 heteroatoms. The molecule has 1 aromatic carbocycles. The maximum atomic E-state index is 12.8. The molecular formula is C15H14N2O3S. The van der Waals surface area contributed by atoms with Crippen molar-refractivity contribution in [2.24, 2.45) is 5.92 Å². The zero-order valence-electron chi connectivity index (χ0n) is 11.3. The molecule has 0 spiro atoms. The van der Waals surface area contributed by atoms with Gasteiger partial charge in [-0.05, 0) is 43.0 Å². The molecule has 0 bridgehead atoms. The number of amides is 1. The zero-order valence-corrected chi connectivity index (χ0v) is 12.1. The lowest BCUT2D eigenvalue weighted by molar-refractivity contribution is 0.0980. The van der Waals surface area contributed by atoms with Gasteiger partial charge in [0.15, 0.2) is 0 Å². The first-order chi connectivity index (χ1) is 10.1. The van der Waals surface area contributed by atoms with Crippen LogP contribution in [0.1, 0.15) is 23.3 Å². The van der Waals surface area contributed by atoms with Crippen molar-refractivity contribution in [1.82, 2.24) is 3.97 Å². The molecule has 1 aliphatic carbocycles. The van der Waals surface area contributed by atoms with Crippen molar-refractivity contribution in [3.8, 4) is 0 Å². The minimum absolute atomic E-state index is 0.189. The summed E-state index contributed by atoms with van der Waals surface area (Å²) in [7, 11) is -3.72. The van der Waals surface area contributed by atoms with Gasteiger partial charge in [-0.3, -0.25) is 4.79 Å². The number of hydrogen-bond acceptors (Lipinski definition) is 3. The van der Waals surface area contributed by atoms with Gasteiger partial charge in [0.25, 0.3) is 15.9 Å². The molecule has 2 heterocycles. The molecule has 1 amide bonds. The van der Waals surface area contributed by atoms with Crippen LogP contribution in [0.2, 0.25) is 0 Å². The molecule has 2 aromatic rings. The molecule has 1 aliphatic heterocycles. The van der Waals surface area contributed by atoms with Gasteiger partial charge in [-0.2, -0.15) is 0 Å². The number of nitrogens with zero attached hydrogens (tertiary/aromatic N) is 2. The molecule has 0 unspecified atom stereocenters. The zero-order chi connectivity index (χ0) is 14.6. The Morgan fingerprint density at radius 1 is 1.10 bits per heavy atom. The lowest BCUT2D eigenvalue weighted by atomic mass is 10.2. The molecule has 4 rings (SSSR count).